The van der Waals surface area contributed by atoms with Crippen LogP contribution in [0.25, 0.3) is 6.08 Å². The van der Waals surface area contributed by atoms with Crippen molar-refractivity contribution in [3.8, 4) is 17.2 Å². The molecule has 1 heterocycles. The van der Waals surface area contributed by atoms with Gasteiger partial charge in [-0.05, 0) is 41.5 Å². The van der Waals surface area contributed by atoms with Gasteiger partial charge in [-0.3, -0.25) is 19.3 Å². The Balaban J connectivity index is 2.12. The van der Waals surface area contributed by atoms with E-state index in [1.54, 1.807) is 18.2 Å². The van der Waals surface area contributed by atoms with Gasteiger partial charge in [0.15, 0.2) is 11.5 Å². The number of methoxy groups -OCH3 is 3. The number of ether oxygens (including phenoxy) is 3. The fraction of sp³-hybridized carbons (Fsp3) is 0.450. The highest BCUT2D eigenvalue weighted by Gasteiger charge is 2.34. The molecule has 1 aromatic rings. The number of nitrogens with one attached hydrogen (secondary N) is 1. The number of carbonyl (C=O) groups is 3. The molecule has 1 N–H and O–H groups in total. The number of nitrogens with zero attached hydrogens (tertiary/aromatic N) is 1. The van der Waals surface area contributed by atoms with Gasteiger partial charge < -0.3 is 19.5 Å². The van der Waals surface area contributed by atoms with Crippen LogP contribution in [0.1, 0.15) is 25.8 Å². The van der Waals surface area contributed by atoms with E-state index < -0.39 is 5.91 Å². The molecule has 1 aliphatic heterocycles. The lowest BCUT2D eigenvalue weighted by Crippen LogP contribution is -2.37. The zero-order valence-corrected chi connectivity index (χ0v) is 18.1. The van der Waals surface area contributed by atoms with E-state index in [-0.39, 0.29) is 35.1 Å². The first-order valence-corrected chi connectivity index (χ1v) is 9.94. The first-order valence-electron chi connectivity index (χ1n) is 9.12. The standard InChI is InChI=1S/C20H26N2O6S/c1-12(2)8-17(23)21-6-7-22-19(24)16(29-20(22)25)11-13-9-14(26-3)18(28-5)15(10-13)27-4/h9-12H,6-8H2,1-5H3,(H,21,23)/b16-11-. The normalized spacial score (nSPS) is 15.2. The molecule has 29 heavy (non-hydrogen) atoms. The van der Waals surface area contributed by atoms with E-state index in [1.807, 2.05) is 13.8 Å². The van der Waals surface area contributed by atoms with Crippen molar-refractivity contribution in [1.29, 1.82) is 0 Å². The minimum absolute atomic E-state index is 0.0973. The van der Waals surface area contributed by atoms with Crippen molar-refractivity contribution in [3.05, 3.63) is 22.6 Å². The summed E-state index contributed by atoms with van der Waals surface area (Å²) in [7, 11) is 4.51. The van der Waals surface area contributed by atoms with Gasteiger partial charge in [0.25, 0.3) is 11.1 Å². The molecule has 1 saturated heterocycles. The summed E-state index contributed by atoms with van der Waals surface area (Å²) in [6, 6.07) is 3.39. The largest absolute Gasteiger partial charge is 0.493 e. The second-order valence-corrected chi connectivity index (χ2v) is 7.73. The summed E-state index contributed by atoms with van der Waals surface area (Å²) in [6.45, 7) is 4.25. The van der Waals surface area contributed by atoms with Crippen LogP contribution in [0.3, 0.4) is 0 Å². The quantitative estimate of drug-likeness (QED) is 0.612. The molecule has 0 unspecified atom stereocenters. The van der Waals surface area contributed by atoms with Crippen molar-refractivity contribution >= 4 is 34.9 Å². The third kappa shape index (κ3) is 5.66. The second-order valence-electron chi connectivity index (χ2n) is 6.74. The lowest BCUT2D eigenvalue weighted by atomic mass is 10.1. The molecule has 158 valence electrons. The molecular weight excluding hydrogens is 396 g/mol. The molecule has 2 rings (SSSR count). The van der Waals surface area contributed by atoms with E-state index in [0.717, 1.165) is 16.7 Å². The van der Waals surface area contributed by atoms with E-state index in [9.17, 15) is 14.4 Å². The van der Waals surface area contributed by atoms with E-state index in [4.69, 9.17) is 14.2 Å². The maximum atomic E-state index is 12.6. The van der Waals surface area contributed by atoms with E-state index >= 15 is 0 Å². The lowest BCUT2D eigenvalue weighted by molar-refractivity contribution is -0.124. The van der Waals surface area contributed by atoms with Crippen LogP contribution in [0, 0.1) is 5.92 Å². The van der Waals surface area contributed by atoms with Gasteiger partial charge in [0.05, 0.1) is 26.2 Å². The van der Waals surface area contributed by atoms with Crippen molar-refractivity contribution in [2.75, 3.05) is 34.4 Å². The Kier molecular flexibility index (Phi) is 7.95. The van der Waals surface area contributed by atoms with E-state index in [0.29, 0.717) is 29.2 Å². The maximum absolute atomic E-state index is 12.6. The Morgan fingerprint density at radius 1 is 1.14 bits per heavy atom. The summed E-state index contributed by atoms with van der Waals surface area (Å²) < 4.78 is 15.9. The molecule has 9 heteroatoms. The Bertz CT molecular complexity index is 796. The molecule has 1 aliphatic rings. The number of amides is 3. The lowest BCUT2D eigenvalue weighted by Gasteiger charge is -2.14. The summed E-state index contributed by atoms with van der Waals surface area (Å²) >= 11 is 0.856. The monoisotopic (exact) mass is 422 g/mol. The van der Waals surface area contributed by atoms with E-state index in [2.05, 4.69) is 5.32 Å². The van der Waals surface area contributed by atoms with E-state index in [1.165, 1.54) is 21.3 Å². The molecule has 3 amide bonds. The molecule has 0 bridgehead atoms. The number of rotatable bonds is 9. The van der Waals surface area contributed by atoms with Gasteiger partial charge in [0.2, 0.25) is 11.7 Å². The molecule has 1 fully saturated rings. The Hall–Kier alpha value is -2.68. The minimum atomic E-state index is -0.396. The summed E-state index contributed by atoms with van der Waals surface area (Å²) in [6.07, 6.45) is 2.01. The van der Waals surface area contributed by atoms with Gasteiger partial charge in [-0.1, -0.05) is 13.8 Å². The van der Waals surface area contributed by atoms with Crippen molar-refractivity contribution in [3.63, 3.8) is 0 Å². The van der Waals surface area contributed by atoms with Gasteiger partial charge in [0.1, 0.15) is 0 Å². The van der Waals surface area contributed by atoms with Crippen molar-refractivity contribution in [1.82, 2.24) is 10.2 Å². The average Bonchev–Trinajstić information content (AvgIpc) is 2.93. The van der Waals surface area contributed by atoms with Crippen LogP contribution in [0.5, 0.6) is 17.2 Å². The molecule has 0 atom stereocenters. The van der Waals surface area contributed by atoms with Crippen molar-refractivity contribution in [2.24, 2.45) is 5.92 Å². The molecule has 0 spiro atoms. The first-order chi connectivity index (χ1) is 13.8. The molecule has 0 saturated carbocycles. The molecule has 1 aromatic carbocycles. The summed E-state index contributed by atoms with van der Waals surface area (Å²) in [4.78, 5) is 38.0. The summed E-state index contributed by atoms with van der Waals surface area (Å²) in [5.41, 5.74) is 0.634. The second kappa shape index (κ2) is 10.2. The molecular formula is C20H26N2O6S. The van der Waals surface area contributed by atoms with Crippen LogP contribution in [0.4, 0.5) is 4.79 Å². The van der Waals surface area contributed by atoms with Crippen molar-refractivity contribution in [2.45, 2.75) is 20.3 Å². The Labute approximate surface area is 174 Å². The number of hydrogen-bond acceptors (Lipinski definition) is 7. The SMILES string of the molecule is COc1cc(/C=C2\SC(=O)N(CCNC(=O)CC(C)C)C2=O)cc(OC)c1OC. The van der Waals surface area contributed by atoms with Crippen LogP contribution in [-0.2, 0) is 9.59 Å². The molecule has 0 aliphatic carbocycles. The molecule has 8 nitrogen and oxygen atoms in total. The van der Waals surface area contributed by atoms with Gasteiger partial charge in [-0.25, -0.2) is 0 Å². The first kappa shape index (κ1) is 22.6. The van der Waals surface area contributed by atoms with Gasteiger partial charge in [-0.2, -0.15) is 0 Å². The number of imide groups is 1. The summed E-state index contributed by atoms with van der Waals surface area (Å²) in [5.74, 6) is 1.09. The van der Waals surface area contributed by atoms with Gasteiger partial charge in [-0.15, -0.1) is 0 Å². The van der Waals surface area contributed by atoms with Crippen LogP contribution < -0.4 is 19.5 Å². The fourth-order valence-electron chi connectivity index (χ4n) is 2.78. The smallest absolute Gasteiger partial charge is 0.293 e. The van der Waals surface area contributed by atoms with Crippen LogP contribution >= 0.6 is 11.8 Å². The fourth-order valence-corrected chi connectivity index (χ4v) is 3.64. The van der Waals surface area contributed by atoms with Gasteiger partial charge in [0, 0.05) is 19.5 Å². The van der Waals surface area contributed by atoms with Crippen LogP contribution in [0.2, 0.25) is 0 Å². The average molecular weight is 423 g/mol. The molecule has 0 radical (unpaired) electrons. The number of benzene rings is 1. The predicted octanol–water partition coefficient (Wildman–Crippen LogP) is 2.91. The minimum Gasteiger partial charge on any atom is -0.493 e. The number of carbonyl (C=O) groups excluding carboxylic acids is 3. The number of thioether (sulfide) groups is 1. The highest BCUT2D eigenvalue weighted by atomic mass is 32.2. The van der Waals surface area contributed by atoms with Crippen LogP contribution in [-0.4, -0.2) is 56.4 Å². The topological polar surface area (TPSA) is 94.2 Å². The van der Waals surface area contributed by atoms with Crippen LogP contribution in [0.15, 0.2) is 17.0 Å². The maximum Gasteiger partial charge on any atom is 0.293 e. The third-order valence-corrected chi connectivity index (χ3v) is 5.02. The molecule has 0 aromatic heterocycles. The van der Waals surface area contributed by atoms with Crippen molar-refractivity contribution < 1.29 is 28.6 Å². The highest BCUT2D eigenvalue weighted by Crippen LogP contribution is 2.40. The zero-order valence-electron chi connectivity index (χ0n) is 17.2. The summed E-state index contributed by atoms with van der Waals surface area (Å²) in [5, 5.41) is 2.36. The Morgan fingerprint density at radius 3 is 2.28 bits per heavy atom. The third-order valence-electron chi connectivity index (χ3n) is 4.11. The Morgan fingerprint density at radius 2 is 1.76 bits per heavy atom. The number of hydrogen-bond donors (Lipinski definition) is 1. The zero-order chi connectivity index (χ0) is 21.6. The highest BCUT2D eigenvalue weighted by molar-refractivity contribution is 8.18. The van der Waals surface area contributed by atoms with Gasteiger partial charge >= 0.3 is 0 Å². The predicted molar refractivity (Wildman–Crippen MR) is 111 cm³/mol.